The van der Waals surface area contributed by atoms with Crippen molar-refractivity contribution in [3.05, 3.63) is 97.1 Å². The number of nitrogens with zero attached hydrogens (tertiary/aromatic N) is 8. The summed E-state index contributed by atoms with van der Waals surface area (Å²) in [5, 5.41) is 19.5. The van der Waals surface area contributed by atoms with Crippen LogP contribution >= 0.6 is 0 Å². The Balaban J connectivity index is 0.000000155. The smallest absolute Gasteiger partial charge is 0.355 e. The number of aromatic carboxylic acids is 2. The molecule has 0 aliphatic heterocycles. The summed E-state index contributed by atoms with van der Waals surface area (Å²) in [5.41, 5.74) is 2.07. The summed E-state index contributed by atoms with van der Waals surface area (Å²) in [7, 11) is 0. The van der Waals surface area contributed by atoms with Crippen LogP contribution in [0.15, 0.2) is 85.7 Å². The Hall–Kier alpha value is -5.78. The minimum Gasteiger partial charge on any atom is -0.476 e. The molecule has 6 rings (SSSR count). The summed E-state index contributed by atoms with van der Waals surface area (Å²) in [6, 6.07) is 17.2. The molecule has 6 aromatic rings. The Morgan fingerprint density at radius 1 is 0.553 bits per heavy atom. The summed E-state index contributed by atoms with van der Waals surface area (Å²) in [5.74, 6) is -1.63. The molecule has 4 heterocycles. The molecule has 12 heteroatoms. The van der Waals surface area contributed by atoms with Crippen molar-refractivity contribution in [2.45, 2.75) is 0 Å². The fourth-order valence-corrected chi connectivity index (χ4v) is 3.55. The molecule has 0 fully saturated rings. The summed E-state index contributed by atoms with van der Waals surface area (Å²) in [4.78, 5) is 55.0. The van der Waals surface area contributed by atoms with Gasteiger partial charge >= 0.3 is 11.9 Å². The standard InChI is InChI=1S/2C13H8N4O2/c2*18-13(19)11-8-3-1-2-4-9(8)16-12(17-11)10-5-6-14-7-15-10/h2*1-7H,(H,18,19). The lowest BCUT2D eigenvalue weighted by atomic mass is 10.2. The van der Waals surface area contributed by atoms with Crippen LogP contribution in [0.1, 0.15) is 21.0 Å². The minimum absolute atomic E-state index is 0.0285. The van der Waals surface area contributed by atoms with Gasteiger partial charge in [-0.15, -0.1) is 0 Å². The van der Waals surface area contributed by atoms with Gasteiger partial charge in [0.25, 0.3) is 0 Å². The molecule has 2 N–H and O–H groups in total. The van der Waals surface area contributed by atoms with Gasteiger partial charge in [-0.2, -0.15) is 0 Å². The normalized spacial score (nSPS) is 10.5. The third kappa shape index (κ3) is 4.95. The van der Waals surface area contributed by atoms with Gasteiger partial charge in [0.2, 0.25) is 0 Å². The number of carbonyl (C=O) groups is 2. The van der Waals surface area contributed by atoms with E-state index < -0.39 is 11.9 Å². The van der Waals surface area contributed by atoms with Crippen LogP contribution in [0.5, 0.6) is 0 Å². The molecular weight excluding hydrogens is 488 g/mol. The van der Waals surface area contributed by atoms with Crippen molar-refractivity contribution < 1.29 is 19.8 Å². The number of benzene rings is 2. The van der Waals surface area contributed by atoms with E-state index in [1.54, 1.807) is 73.1 Å². The van der Waals surface area contributed by atoms with E-state index in [4.69, 9.17) is 0 Å². The zero-order valence-corrected chi connectivity index (χ0v) is 19.4. The van der Waals surface area contributed by atoms with Gasteiger partial charge in [0, 0.05) is 23.2 Å². The second kappa shape index (κ2) is 10.5. The van der Waals surface area contributed by atoms with Crippen LogP contribution in [0.2, 0.25) is 0 Å². The minimum atomic E-state index is -1.09. The lowest BCUT2D eigenvalue weighted by Gasteiger charge is -2.04. The summed E-state index contributed by atoms with van der Waals surface area (Å²) >= 11 is 0. The van der Waals surface area contributed by atoms with Gasteiger partial charge < -0.3 is 10.2 Å². The van der Waals surface area contributed by atoms with Crippen molar-refractivity contribution in [3.63, 3.8) is 0 Å². The number of aromatic nitrogens is 8. The van der Waals surface area contributed by atoms with Crippen molar-refractivity contribution in [2.24, 2.45) is 0 Å². The number of hydrogen-bond donors (Lipinski definition) is 2. The fraction of sp³-hybridized carbons (Fsp3) is 0. The highest BCUT2D eigenvalue weighted by Gasteiger charge is 2.16. The summed E-state index contributed by atoms with van der Waals surface area (Å²) in [6.07, 6.45) is 5.85. The number of rotatable bonds is 4. The number of carboxylic acid groups (broad SMARTS) is 2. The molecule has 184 valence electrons. The van der Waals surface area contributed by atoms with Crippen LogP contribution in [-0.2, 0) is 0 Å². The van der Waals surface area contributed by atoms with Gasteiger partial charge in [-0.05, 0) is 24.3 Å². The summed E-state index contributed by atoms with van der Waals surface area (Å²) in [6.45, 7) is 0. The van der Waals surface area contributed by atoms with Gasteiger partial charge in [0.05, 0.1) is 11.0 Å². The molecule has 38 heavy (non-hydrogen) atoms. The van der Waals surface area contributed by atoms with E-state index in [0.717, 1.165) is 0 Å². The molecule has 0 saturated heterocycles. The van der Waals surface area contributed by atoms with Crippen LogP contribution in [0.25, 0.3) is 44.8 Å². The van der Waals surface area contributed by atoms with Crippen LogP contribution < -0.4 is 0 Å². The first-order chi connectivity index (χ1) is 18.5. The first-order valence-electron chi connectivity index (χ1n) is 11.0. The monoisotopic (exact) mass is 504 g/mol. The first kappa shape index (κ1) is 23.9. The topological polar surface area (TPSA) is 178 Å². The van der Waals surface area contributed by atoms with E-state index in [1.165, 1.54) is 12.7 Å². The highest BCUT2D eigenvalue weighted by molar-refractivity contribution is 6.01. The molecule has 0 bridgehead atoms. The molecule has 0 radical (unpaired) electrons. The molecule has 2 aromatic carbocycles. The van der Waals surface area contributed by atoms with Crippen molar-refractivity contribution >= 4 is 33.7 Å². The molecule has 0 atom stereocenters. The quantitative estimate of drug-likeness (QED) is 0.357. The van der Waals surface area contributed by atoms with Gasteiger partial charge in [0.15, 0.2) is 23.0 Å². The Kier molecular flexibility index (Phi) is 6.59. The predicted molar refractivity (Wildman–Crippen MR) is 135 cm³/mol. The number of para-hydroxylation sites is 2. The van der Waals surface area contributed by atoms with E-state index in [0.29, 0.717) is 33.2 Å². The maximum Gasteiger partial charge on any atom is 0.355 e. The number of hydrogen-bond acceptors (Lipinski definition) is 10. The lowest BCUT2D eigenvalue weighted by molar-refractivity contribution is 0.0682. The lowest BCUT2D eigenvalue weighted by Crippen LogP contribution is -2.05. The first-order valence-corrected chi connectivity index (χ1v) is 11.0. The Morgan fingerprint density at radius 3 is 1.34 bits per heavy atom. The van der Waals surface area contributed by atoms with Crippen molar-refractivity contribution in [3.8, 4) is 23.0 Å². The van der Waals surface area contributed by atoms with Gasteiger partial charge in [0.1, 0.15) is 24.0 Å². The predicted octanol–water partition coefficient (Wildman–Crippen LogP) is 3.57. The van der Waals surface area contributed by atoms with Gasteiger partial charge in [-0.25, -0.2) is 49.5 Å². The number of fused-ring (bicyclic) bond motifs is 2. The van der Waals surface area contributed by atoms with Gasteiger partial charge in [-0.3, -0.25) is 0 Å². The molecule has 12 nitrogen and oxygen atoms in total. The molecule has 0 aliphatic rings. The summed E-state index contributed by atoms with van der Waals surface area (Å²) < 4.78 is 0. The third-order valence-electron chi connectivity index (χ3n) is 5.23. The molecule has 0 aliphatic carbocycles. The van der Waals surface area contributed by atoms with E-state index in [9.17, 15) is 19.8 Å². The van der Waals surface area contributed by atoms with Crippen molar-refractivity contribution in [1.29, 1.82) is 0 Å². The largest absolute Gasteiger partial charge is 0.476 e. The molecule has 0 saturated carbocycles. The molecular formula is C26H16N8O4. The third-order valence-corrected chi connectivity index (χ3v) is 5.23. The zero-order chi connectivity index (χ0) is 26.5. The zero-order valence-electron chi connectivity index (χ0n) is 19.4. The average Bonchev–Trinajstić information content (AvgIpc) is 2.97. The van der Waals surface area contributed by atoms with E-state index >= 15 is 0 Å². The molecule has 0 amide bonds. The maximum absolute atomic E-state index is 11.3. The average molecular weight is 504 g/mol. The highest BCUT2D eigenvalue weighted by Crippen LogP contribution is 2.21. The SMILES string of the molecule is O=C(O)c1nc(-c2ccncn2)nc2ccccc12.O=C(O)c1nc(-c2ccncn2)nc2ccccc12. The van der Waals surface area contributed by atoms with Crippen LogP contribution in [-0.4, -0.2) is 62.0 Å². The number of carboxylic acids is 2. The highest BCUT2D eigenvalue weighted by atomic mass is 16.4. The maximum atomic E-state index is 11.3. The van der Waals surface area contributed by atoms with Crippen LogP contribution in [0.4, 0.5) is 0 Å². The Morgan fingerprint density at radius 2 is 0.974 bits per heavy atom. The van der Waals surface area contributed by atoms with Crippen molar-refractivity contribution in [2.75, 3.05) is 0 Å². The van der Waals surface area contributed by atoms with Crippen LogP contribution in [0.3, 0.4) is 0 Å². The molecule has 4 aromatic heterocycles. The van der Waals surface area contributed by atoms with Gasteiger partial charge in [-0.1, -0.05) is 36.4 Å². The Labute approximate surface area is 213 Å². The molecule has 0 unspecified atom stereocenters. The van der Waals surface area contributed by atoms with E-state index in [1.807, 2.05) is 0 Å². The fourth-order valence-electron chi connectivity index (χ4n) is 3.55. The second-order valence-corrected chi connectivity index (χ2v) is 7.63. The van der Waals surface area contributed by atoms with Crippen LogP contribution in [0, 0.1) is 0 Å². The van der Waals surface area contributed by atoms with E-state index in [-0.39, 0.29) is 23.0 Å². The second-order valence-electron chi connectivity index (χ2n) is 7.63. The van der Waals surface area contributed by atoms with E-state index in [2.05, 4.69) is 39.9 Å². The Bertz CT molecular complexity index is 1650. The molecule has 0 spiro atoms. The van der Waals surface area contributed by atoms with Crippen molar-refractivity contribution in [1.82, 2.24) is 39.9 Å².